The van der Waals surface area contributed by atoms with Gasteiger partial charge < -0.3 is 4.90 Å². The van der Waals surface area contributed by atoms with Crippen LogP contribution in [0.15, 0.2) is 165 Å². The Hall–Kier alpha value is -4.76. The summed E-state index contributed by atoms with van der Waals surface area (Å²) in [5, 5.41) is 14.6. The largest absolute Gasteiger partial charge is 0.330 e. The maximum absolute atomic E-state index is 12.1. The maximum atomic E-state index is 12.1. The van der Waals surface area contributed by atoms with Crippen LogP contribution in [0, 0.1) is 0 Å². The van der Waals surface area contributed by atoms with E-state index >= 15 is 0 Å². The van der Waals surface area contributed by atoms with E-state index in [4.69, 9.17) is 9.59 Å². The Kier molecular flexibility index (Phi) is 10.2. The maximum Gasteiger partial charge on any atom is 0.294 e. The molecule has 0 unspecified atom stereocenters. The molecule has 0 amide bonds. The van der Waals surface area contributed by atoms with Gasteiger partial charge >= 0.3 is 0 Å². The summed E-state index contributed by atoms with van der Waals surface area (Å²) in [5.41, 5.74) is 8.26. The Morgan fingerprint density at radius 2 is 1.43 bits per heavy atom. The number of hydrogen-bond donors (Lipinski definition) is 2. The highest BCUT2D eigenvalue weighted by Crippen LogP contribution is 2.49. The van der Waals surface area contributed by atoms with Gasteiger partial charge in [-0.15, -0.1) is 4.33 Å². The van der Waals surface area contributed by atoms with Gasteiger partial charge in [0.2, 0.25) is 5.52 Å². The lowest BCUT2D eigenvalue weighted by Gasteiger charge is -2.21. The molecule has 0 aliphatic carbocycles. The number of anilines is 1. The minimum atomic E-state index is -4.38. The van der Waals surface area contributed by atoms with Gasteiger partial charge in [-0.1, -0.05) is 125 Å². The molecule has 1 aliphatic rings. The van der Waals surface area contributed by atoms with Crippen LogP contribution in [-0.2, 0) is 32.6 Å². The highest BCUT2D eigenvalue weighted by molar-refractivity contribution is 8.04. The summed E-state index contributed by atoms with van der Waals surface area (Å²) in [6.45, 7) is 0.931. The number of hydrogen-bond acceptors (Lipinski definition) is 9. The van der Waals surface area contributed by atoms with Gasteiger partial charge in [-0.3, -0.25) is 4.55 Å². The first kappa shape index (κ1) is 35.3. The van der Waals surface area contributed by atoms with Crippen LogP contribution >= 0.6 is 35.1 Å². The van der Waals surface area contributed by atoms with Gasteiger partial charge in [-0.2, -0.15) is 13.0 Å². The number of benzene rings is 6. The van der Waals surface area contributed by atoms with E-state index < -0.39 is 10.1 Å². The zero-order chi connectivity index (χ0) is 36.4. The van der Waals surface area contributed by atoms with E-state index in [1.54, 1.807) is 29.2 Å². The standard InChI is InChI=1S/C41H30N2O6S4/c44-48-49-52-34-15-7-9-28(21-34)26-42-36-23-32(30-11-3-1-4-12-30)17-19-38(36)50-40(42)25-41-43(27-29-10-8-16-35(22-29)53(45,46)47)37-24-33(18-20-39(37)51-41)31-13-5-2-6-14-31/h1-25H,26-27H2,(H-,44,45,46,47)/p+1. The normalized spacial score (nSPS) is 13.5. The molecular formula is C41H31N2O6S4+. The van der Waals surface area contributed by atoms with Crippen LogP contribution in [0.2, 0.25) is 0 Å². The Balaban J connectivity index is 1.26. The van der Waals surface area contributed by atoms with Crippen molar-refractivity contribution in [2.45, 2.75) is 27.8 Å². The summed E-state index contributed by atoms with van der Waals surface area (Å²) < 4.78 is 42.0. The van der Waals surface area contributed by atoms with Crippen LogP contribution in [0.4, 0.5) is 5.69 Å². The van der Waals surface area contributed by atoms with E-state index in [1.165, 1.54) is 12.1 Å². The Morgan fingerprint density at radius 3 is 2.17 bits per heavy atom. The third-order valence-corrected chi connectivity index (χ3v) is 12.5. The van der Waals surface area contributed by atoms with E-state index in [9.17, 15) is 13.0 Å². The lowest BCUT2D eigenvalue weighted by atomic mass is 10.0. The first-order valence-electron chi connectivity index (χ1n) is 16.5. The first-order chi connectivity index (χ1) is 25.8. The fourth-order valence-corrected chi connectivity index (χ4v) is 9.61. The molecular weight excluding hydrogens is 745 g/mol. The molecule has 2 N–H and O–H groups in total. The van der Waals surface area contributed by atoms with E-state index in [0.717, 1.165) is 81.2 Å². The predicted octanol–water partition coefficient (Wildman–Crippen LogP) is 10.4. The molecule has 2 heterocycles. The molecule has 0 bridgehead atoms. The summed E-state index contributed by atoms with van der Waals surface area (Å²) in [4.78, 5) is 4.07. The number of aromatic nitrogens is 1. The van der Waals surface area contributed by atoms with Crippen molar-refractivity contribution in [3.63, 3.8) is 0 Å². The second-order valence-corrected chi connectivity index (χ2v) is 16.6. The van der Waals surface area contributed by atoms with Gasteiger partial charge in [0.1, 0.15) is 4.70 Å². The van der Waals surface area contributed by atoms with E-state index in [0.29, 0.717) is 13.1 Å². The van der Waals surface area contributed by atoms with Crippen LogP contribution in [0.3, 0.4) is 0 Å². The lowest BCUT2D eigenvalue weighted by Crippen LogP contribution is -2.36. The Morgan fingerprint density at radius 1 is 0.736 bits per heavy atom. The molecule has 8 rings (SSSR count). The summed E-state index contributed by atoms with van der Waals surface area (Å²) >= 11 is 4.28. The van der Waals surface area contributed by atoms with Crippen LogP contribution in [0.25, 0.3) is 38.5 Å². The van der Waals surface area contributed by atoms with Crippen LogP contribution in [-0.4, -0.2) is 18.2 Å². The van der Waals surface area contributed by atoms with Crippen molar-refractivity contribution in [1.29, 1.82) is 0 Å². The summed E-state index contributed by atoms with van der Waals surface area (Å²) in [6, 6.07) is 47.8. The van der Waals surface area contributed by atoms with Crippen molar-refractivity contribution in [2.75, 3.05) is 4.90 Å². The van der Waals surface area contributed by atoms with Crippen molar-refractivity contribution < 1.29 is 32.2 Å². The highest BCUT2D eigenvalue weighted by Gasteiger charge is 2.29. The molecule has 12 heteroatoms. The first-order valence-corrected chi connectivity index (χ1v) is 20.3. The summed E-state index contributed by atoms with van der Waals surface area (Å²) in [6.07, 6.45) is 2.20. The highest BCUT2D eigenvalue weighted by atomic mass is 32.2. The van der Waals surface area contributed by atoms with Gasteiger partial charge in [0, 0.05) is 28.0 Å². The van der Waals surface area contributed by atoms with E-state index in [1.807, 2.05) is 60.7 Å². The Labute approximate surface area is 319 Å². The zero-order valence-corrected chi connectivity index (χ0v) is 31.2. The summed E-state index contributed by atoms with van der Waals surface area (Å²) in [5.74, 6) is 0. The molecule has 0 atom stereocenters. The molecule has 7 aromatic rings. The summed E-state index contributed by atoms with van der Waals surface area (Å²) in [7, 11) is -4.38. The molecule has 1 aromatic heterocycles. The number of nitrogens with zero attached hydrogens (tertiary/aromatic N) is 2. The molecule has 53 heavy (non-hydrogen) atoms. The zero-order valence-electron chi connectivity index (χ0n) is 27.9. The average molecular weight is 776 g/mol. The van der Waals surface area contributed by atoms with E-state index in [-0.39, 0.29) is 4.90 Å². The van der Waals surface area contributed by atoms with Crippen molar-refractivity contribution in [1.82, 2.24) is 0 Å². The van der Waals surface area contributed by atoms with Gasteiger partial charge in [-0.25, -0.2) is 5.26 Å². The van der Waals surface area contributed by atoms with Gasteiger partial charge in [0.25, 0.3) is 15.1 Å². The fraction of sp³-hybridized carbons (Fsp3) is 0.0488. The second-order valence-electron chi connectivity index (χ2n) is 12.3. The molecule has 0 radical (unpaired) electrons. The number of rotatable bonds is 11. The predicted molar refractivity (Wildman–Crippen MR) is 212 cm³/mol. The molecule has 0 fully saturated rings. The van der Waals surface area contributed by atoms with Crippen molar-refractivity contribution in [3.8, 4) is 22.3 Å². The molecule has 8 nitrogen and oxygen atoms in total. The quantitative estimate of drug-likeness (QED) is 0.0437. The number of thiazole rings is 1. The smallest absolute Gasteiger partial charge is 0.294 e. The monoisotopic (exact) mass is 775 g/mol. The number of thioether (sulfide) groups is 1. The van der Waals surface area contributed by atoms with Crippen LogP contribution in [0.5, 0.6) is 0 Å². The second kappa shape index (κ2) is 15.3. The SMILES string of the molecule is O=S(=O)(O)c1cccc(C[n+]2c(C=C3Sc4ccc(-c5ccccc5)cc4N3Cc3cccc(SOOO)c3)sc3ccc(-c4ccccc4)cc32)c1. The molecule has 0 spiro atoms. The van der Waals surface area contributed by atoms with Gasteiger partial charge in [-0.05, 0) is 70.3 Å². The topological polar surface area (TPSA) is 100 Å². The molecule has 1 aliphatic heterocycles. The minimum Gasteiger partial charge on any atom is -0.330 e. The molecule has 0 saturated heterocycles. The van der Waals surface area contributed by atoms with Crippen LogP contribution in [0.1, 0.15) is 16.1 Å². The molecule has 0 saturated carbocycles. The lowest BCUT2D eigenvalue weighted by molar-refractivity contribution is -0.659. The third kappa shape index (κ3) is 7.81. The minimum absolute atomic E-state index is 0.140. The van der Waals surface area contributed by atoms with E-state index in [2.05, 4.69) is 87.3 Å². The Bertz CT molecular complexity index is 2580. The third-order valence-electron chi connectivity index (χ3n) is 8.86. The fourth-order valence-electron chi connectivity index (χ4n) is 6.39. The average Bonchev–Trinajstić information content (AvgIpc) is 3.70. The molecule has 264 valence electrons. The van der Waals surface area contributed by atoms with Crippen molar-refractivity contribution >= 4 is 67.2 Å². The number of fused-ring (bicyclic) bond motifs is 2. The van der Waals surface area contributed by atoms with Gasteiger partial charge in [0.15, 0.2) is 6.54 Å². The van der Waals surface area contributed by atoms with Gasteiger partial charge in [0.05, 0.1) is 33.7 Å². The molecule has 6 aromatic carbocycles. The van der Waals surface area contributed by atoms with Crippen molar-refractivity contribution in [3.05, 3.63) is 167 Å². The van der Waals surface area contributed by atoms with Crippen molar-refractivity contribution in [2.24, 2.45) is 0 Å². The van der Waals surface area contributed by atoms with Crippen LogP contribution < -0.4 is 9.47 Å².